The van der Waals surface area contributed by atoms with Crippen molar-refractivity contribution in [3.8, 4) is 0 Å². The molecular formula is C17H21F2N3O2S. The largest absolute Gasteiger partial charge is 0.361 e. The molecule has 25 heavy (non-hydrogen) atoms. The van der Waals surface area contributed by atoms with Gasteiger partial charge in [0.05, 0.1) is 10.9 Å². The Bertz CT molecular complexity index is 819. The van der Waals surface area contributed by atoms with Crippen molar-refractivity contribution >= 4 is 15.5 Å². The zero-order valence-corrected chi connectivity index (χ0v) is 14.8. The molecule has 0 bridgehead atoms. The Labute approximate surface area is 146 Å². The normalized spacial score (nSPS) is 18.7. The number of hydrogen-bond donors (Lipinski definition) is 0. The molecule has 1 aromatic heterocycles. The Kier molecular flexibility index (Phi) is 5.08. The lowest BCUT2D eigenvalue weighted by Gasteiger charge is -2.37. The number of sulfone groups is 1. The van der Waals surface area contributed by atoms with Gasteiger partial charge in [0.15, 0.2) is 0 Å². The summed E-state index contributed by atoms with van der Waals surface area (Å²) in [5, 5.41) is 0. The minimum absolute atomic E-state index is 0.0984. The number of hydrogen-bond acceptors (Lipinski definition) is 4. The highest BCUT2D eigenvalue weighted by Gasteiger charge is 2.29. The van der Waals surface area contributed by atoms with Crippen LogP contribution in [0.25, 0.3) is 0 Å². The van der Waals surface area contributed by atoms with Crippen molar-refractivity contribution in [2.45, 2.75) is 49.4 Å². The van der Waals surface area contributed by atoms with Crippen molar-refractivity contribution in [1.82, 2.24) is 9.55 Å². The van der Waals surface area contributed by atoms with Crippen LogP contribution in [-0.2, 0) is 16.4 Å². The fourth-order valence-electron chi connectivity index (χ4n) is 3.32. The summed E-state index contributed by atoms with van der Waals surface area (Å²) >= 11 is 0. The van der Waals surface area contributed by atoms with E-state index in [0.717, 1.165) is 43.9 Å². The molecule has 2 heterocycles. The SMILES string of the molecule is CCn1ccnc1[C@@H]1CCCCN1c1ccc(S(=O)(=O)C(F)F)cc1. The summed E-state index contributed by atoms with van der Waals surface area (Å²) in [6, 6.07) is 5.82. The number of rotatable bonds is 5. The lowest BCUT2D eigenvalue weighted by atomic mass is 10.0. The third-order valence-electron chi connectivity index (χ3n) is 4.62. The highest BCUT2D eigenvalue weighted by molar-refractivity contribution is 7.91. The summed E-state index contributed by atoms with van der Waals surface area (Å²) in [4.78, 5) is 6.32. The van der Waals surface area contributed by atoms with Crippen LogP contribution in [0.15, 0.2) is 41.6 Å². The van der Waals surface area contributed by atoms with E-state index in [1.165, 1.54) is 12.1 Å². The maximum atomic E-state index is 12.7. The molecule has 3 rings (SSSR count). The first-order chi connectivity index (χ1) is 11.9. The molecule has 1 fully saturated rings. The third-order valence-corrected chi connectivity index (χ3v) is 6.02. The van der Waals surface area contributed by atoms with Crippen molar-refractivity contribution in [2.75, 3.05) is 11.4 Å². The van der Waals surface area contributed by atoms with Gasteiger partial charge in [0.25, 0.3) is 0 Å². The molecule has 0 spiro atoms. The van der Waals surface area contributed by atoms with Crippen LogP contribution in [0.5, 0.6) is 0 Å². The lowest BCUT2D eigenvalue weighted by Crippen LogP contribution is -2.35. The van der Waals surface area contributed by atoms with E-state index in [-0.39, 0.29) is 10.9 Å². The monoisotopic (exact) mass is 369 g/mol. The summed E-state index contributed by atoms with van der Waals surface area (Å²) in [5.74, 6) is -2.43. The van der Waals surface area contributed by atoms with Crippen molar-refractivity contribution in [2.24, 2.45) is 0 Å². The van der Waals surface area contributed by atoms with Gasteiger partial charge in [-0.05, 0) is 50.5 Å². The summed E-state index contributed by atoms with van der Waals surface area (Å²) in [5.41, 5.74) is 0.823. The van der Waals surface area contributed by atoms with Gasteiger partial charge in [-0.2, -0.15) is 8.78 Å². The van der Waals surface area contributed by atoms with E-state index in [1.807, 2.05) is 6.20 Å². The Hall–Kier alpha value is -1.96. The topological polar surface area (TPSA) is 55.2 Å². The van der Waals surface area contributed by atoms with Gasteiger partial charge in [-0.1, -0.05) is 0 Å². The second-order valence-electron chi connectivity index (χ2n) is 6.08. The maximum Gasteiger partial charge on any atom is 0.341 e. The number of halogens is 2. The smallest absolute Gasteiger partial charge is 0.341 e. The Balaban J connectivity index is 1.91. The van der Waals surface area contributed by atoms with Gasteiger partial charge < -0.3 is 9.47 Å². The van der Waals surface area contributed by atoms with Gasteiger partial charge in [0, 0.05) is 31.2 Å². The van der Waals surface area contributed by atoms with Crippen molar-refractivity contribution in [3.05, 3.63) is 42.5 Å². The number of imidazole rings is 1. The van der Waals surface area contributed by atoms with E-state index in [4.69, 9.17) is 0 Å². The van der Waals surface area contributed by atoms with Crippen LogP contribution < -0.4 is 4.90 Å². The van der Waals surface area contributed by atoms with E-state index >= 15 is 0 Å². The molecule has 0 aliphatic carbocycles. The van der Waals surface area contributed by atoms with Gasteiger partial charge in [0.2, 0.25) is 9.84 Å². The number of anilines is 1. The molecular weight excluding hydrogens is 348 g/mol. The van der Waals surface area contributed by atoms with Crippen LogP contribution in [0.2, 0.25) is 0 Å². The maximum absolute atomic E-state index is 12.7. The minimum atomic E-state index is -4.56. The minimum Gasteiger partial charge on any atom is -0.361 e. The Morgan fingerprint density at radius 3 is 2.60 bits per heavy atom. The zero-order valence-electron chi connectivity index (χ0n) is 14.0. The first-order valence-corrected chi connectivity index (χ1v) is 9.89. The van der Waals surface area contributed by atoms with Crippen molar-refractivity contribution in [1.29, 1.82) is 0 Å². The van der Waals surface area contributed by atoms with Gasteiger partial charge in [-0.15, -0.1) is 0 Å². The molecule has 1 aliphatic rings. The molecule has 0 radical (unpaired) electrons. The third kappa shape index (κ3) is 3.40. The van der Waals surface area contributed by atoms with Crippen molar-refractivity contribution < 1.29 is 17.2 Å². The molecule has 0 N–H and O–H groups in total. The molecule has 1 aromatic carbocycles. The number of alkyl halides is 2. The number of aromatic nitrogens is 2. The van der Waals surface area contributed by atoms with Crippen LogP contribution in [0, 0.1) is 0 Å². The second kappa shape index (κ2) is 7.11. The summed E-state index contributed by atoms with van der Waals surface area (Å²) < 4.78 is 50.6. The van der Waals surface area contributed by atoms with E-state index in [2.05, 4.69) is 21.4 Å². The van der Waals surface area contributed by atoms with Gasteiger partial charge >= 0.3 is 5.76 Å². The number of piperidine rings is 1. The molecule has 5 nitrogen and oxygen atoms in total. The average Bonchev–Trinajstić information content (AvgIpc) is 3.10. The molecule has 1 aliphatic heterocycles. The molecule has 0 saturated carbocycles. The Morgan fingerprint density at radius 2 is 1.96 bits per heavy atom. The van der Waals surface area contributed by atoms with E-state index in [0.29, 0.717) is 0 Å². The highest BCUT2D eigenvalue weighted by Crippen LogP contribution is 2.35. The highest BCUT2D eigenvalue weighted by atomic mass is 32.2. The Morgan fingerprint density at radius 1 is 1.24 bits per heavy atom. The summed E-state index contributed by atoms with van der Waals surface area (Å²) in [6.45, 7) is 3.70. The number of nitrogens with zero attached hydrogens (tertiary/aromatic N) is 3. The first-order valence-electron chi connectivity index (χ1n) is 8.35. The van der Waals surface area contributed by atoms with Crippen LogP contribution in [0.4, 0.5) is 14.5 Å². The molecule has 1 saturated heterocycles. The fourth-order valence-corrected chi connectivity index (χ4v) is 4.05. The average molecular weight is 369 g/mol. The van der Waals surface area contributed by atoms with E-state index < -0.39 is 15.6 Å². The van der Waals surface area contributed by atoms with Crippen LogP contribution in [-0.4, -0.2) is 30.3 Å². The van der Waals surface area contributed by atoms with Crippen LogP contribution >= 0.6 is 0 Å². The zero-order chi connectivity index (χ0) is 18.0. The summed E-state index contributed by atoms with van der Waals surface area (Å²) in [6.07, 6.45) is 6.80. The first kappa shape index (κ1) is 17.8. The van der Waals surface area contributed by atoms with Gasteiger partial charge in [-0.3, -0.25) is 0 Å². The predicted molar refractivity (Wildman–Crippen MR) is 91.5 cm³/mol. The van der Waals surface area contributed by atoms with Crippen LogP contribution in [0.3, 0.4) is 0 Å². The molecule has 136 valence electrons. The van der Waals surface area contributed by atoms with E-state index in [1.54, 1.807) is 18.3 Å². The second-order valence-corrected chi connectivity index (χ2v) is 7.99. The number of benzene rings is 1. The molecule has 0 amide bonds. The lowest BCUT2D eigenvalue weighted by molar-refractivity contribution is 0.234. The predicted octanol–water partition coefficient (Wildman–Crippen LogP) is 3.63. The van der Waals surface area contributed by atoms with Gasteiger partial charge in [0.1, 0.15) is 5.82 Å². The van der Waals surface area contributed by atoms with Gasteiger partial charge in [-0.25, -0.2) is 13.4 Å². The summed E-state index contributed by atoms with van der Waals surface area (Å²) in [7, 11) is -4.56. The molecule has 0 unspecified atom stereocenters. The quantitative estimate of drug-likeness (QED) is 0.808. The standard InChI is InChI=1S/C17H21F2N3O2S/c1-2-21-12-10-20-16(21)15-5-3-4-11-22(15)13-6-8-14(9-7-13)25(23,24)17(18)19/h6-10,12,15,17H,2-5,11H2,1H3/t15-/m0/s1. The molecule has 1 atom stereocenters. The van der Waals surface area contributed by atoms with Crippen LogP contribution in [0.1, 0.15) is 38.1 Å². The van der Waals surface area contributed by atoms with Crippen molar-refractivity contribution in [3.63, 3.8) is 0 Å². The fraction of sp³-hybridized carbons (Fsp3) is 0.471. The molecule has 8 heteroatoms. The van der Waals surface area contributed by atoms with E-state index in [9.17, 15) is 17.2 Å². The molecule has 2 aromatic rings. The number of aryl methyl sites for hydroxylation is 1.